The Kier molecular flexibility index (Phi) is 5.97. The lowest BCUT2D eigenvalue weighted by atomic mass is 10.1. The van der Waals surface area contributed by atoms with Gasteiger partial charge in [0.15, 0.2) is 0 Å². The molecule has 0 saturated carbocycles. The fourth-order valence-corrected chi connectivity index (χ4v) is 3.63. The summed E-state index contributed by atoms with van der Waals surface area (Å²) in [7, 11) is -3.56. The highest BCUT2D eigenvalue weighted by Gasteiger charge is 2.19. The highest BCUT2D eigenvalue weighted by atomic mass is 31.2. The van der Waals surface area contributed by atoms with Crippen molar-refractivity contribution in [1.29, 1.82) is 0 Å². The van der Waals surface area contributed by atoms with Crippen LogP contribution in [0.15, 0.2) is 54.6 Å². The van der Waals surface area contributed by atoms with E-state index in [1.807, 2.05) is 30.3 Å². The number of hydrogen-bond acceptors (Lipinski definition) is 2. The third-order valence-corrected chi connectivity index (χ3v) is 4.94. The molecule has 0 aliphatic rings. The van der Waals surface area contributed by atoms with E-state index < -0.39 is 13.5 Å². The second kappa shape index (κ2) is 7.95. The molecule has 0 spiro atoms. The summed E-state index contributed by atoms with van der Waals surface area (Å²) >= 11 is 0. The highest BCUT2D eigenvalue weighted by molar-refractivity contribution is 7.59. The van der Waals surface area contributed by atoms with E-state index in [1.54, 1.807) is 24.3 Å². The Hall–Kier alpha value is -2.10. The highest BCUT2D eigenvalue weighted by Crippen LogP contribution is 2.42. The fourth-order valence-electron chi connectivity index (χ4n) is 2.33. The van der Waals surface area contributed by atoms with E-state index in [1.165, 1.54) is 0 Å². The minimum atomic E-state index is -3.56. The molecule has 5 nitrogen and oxygen atoms in total. The Bertz CT molecular complexity index is 703. The molecule has 0 heterocycles. The SMILES string of the molecule is O=C(O)Cc1ccccc1NP(=O)(O)CCCc1ccccc1. The molecule has 0 bridgehead atoms. The van der Waals surface area contributed by atoms with Crippen molar-refractivity contribution < 1.29 is 19.4 Å². The van der Waals surface area contributed by atoms with Gasteiger partial charge in [-0.3, -0.25) is 9.36 Å². The van der Waals surface area contributed by atoms with Gasteiger partial charge in [-0.15, -0.1) is 0 Å². The first-order chi connectivity index (χ1) is 11.0. The summed E-state index contributed by atoms with van der Waals surface area (Å²) in [4.78, 5) is 21.0. The minimum absolute atomic E-state index is 0.128. The predicted molar refractivity (Wildman–Crippen MR) is 90.9 cm³/mol. The standard InChI is InChI=1S/C17H20NO4P/c19-17(20)13-15-10-4-5-11-16(15)18-23(21,22)12-6-9-14-7-2-1-3-8-14/h1-5,7-8,10-11H,6,9,12-13H2,(H,19,20)(H2,18,21,22). The summed E-state index contributed by atoms with van der Waals surface area (Å²) in [6.07, 6.45) is 1.24. The van der Waals surface area contributed by atoms with Crippen LogP contribution in [-0.4, -0.2) is 22.1 Å². The molecule has 6 heteroatoms. The summed E-state index contributed by atoms with van der Waals surface area (Å²) in [5.74, 6) is -0.976. The van der Waals surface area contributed by atoms with Crippen molar-refractivity contribution in [3.63, 3.8) is 0 Å². The number of carboxylic acids is 1. The van der Waals surface area contributed by atoms with E-state index in [4.69, 9.17) is 5.11 Å². The number of aryl methyl sites for hydroxylation is 1. The van der Waals surface area contributed by atoms with Crippen LogP contribution in [0.2, 0.25) is 0 Å². The Balaban J connectivity index is 1.95. The molecule has 1 unspecified atom stereocenters. The summed E-state index contributed by atoms with van der Waals surface area (Å²) in [5, 5.41) is 11.5. The first kappa shape index (κ1) is 17.3. The number of benzene rings is 2. The Morgan fingerprint density at radius 1 is 1.04 bits per heavy atom. The van der Waals surface area contributed by atoms with Crippen molar-refractivity contribution in [1.82, 2.24) is 0 Å². The van der Waals surface area contributed by atoms with E-state index in [0.717, 1.165) is 12.0 Å². The molecule has 0 aliphatic carbocycles. The van der Waals surface area contributed by atoms with Gasteiger partial charge in [0, 0.05) is 11.8 Å². The molecule has 2 rings (SSSR count). The third kappa shape index (κ3) is 5.89. The molecule has 122 valence electrons. The molecule has 23 heavy (non-hydrogen) atoms. The minimum Gasteiger partial charge on any atom is -0.481 e. The summed E-state index contributed by atoms with van der Waals surface area (Å²) < 4.78 is 12.3. The molecule has 1 atom stereocenters. The predicted octanol–water partition coefficient (Wildman–Crippen LogP) is 3.54. The number of carbonyl (C=O) groups is 1. The van der Waals surface area contributed by atoms with E-state index in [0.29, 0.717) is 17.7 Å². The van der Waals surface area contributed by atoms with Gasteiger partial charge in [-0.1, -0.05) is 48.5 Å². The van der Waals surface area contributed by atoms with Crippen molar-refractivity contribution in [3.05, 3.63) is 65.7 Å². The zero-order valence-corrected chi connectivity index (χ0v) is 13.6. The third-order valence-electron chi connectivity index (χ3n) is 3.42. The average molecular weight is 333 g/mol. The second-order valence-electron chi connectivity index (χ2n) is 5.35. The summed E-state index contributed by atoms with van der Waals surface area (Å²) in [5.41, 5.74) is 2.02. The average Bonchev–Trinajstić information content (AvgIpc) is 2.49. The smallest absolute Gasteiger partial charge is 0.307 e. The number of rotatable bonds is 8. The van der Waals surface area contributed by atoms with Gasteiger partial charge < -0.3 is 15.1 Å². The Morgan fingerprint density at radius 3 is 2.39 bits per heavy atom. The lowest BCUT2D eigenvalue weighted by Crippen LogP contribution is -2.07. The van der Waals surface area contributed by atoms with Crippen LogP contribution in [0.4, 0.5) is 5.69 Å². The van der Waals surface area contributed by atoms with Gasteiger partial charge in [-0.2, -0.15) is 0 Å². The van der Waals surface area contributed by atoms with E-state index >= 15 is 0 Å². The maximum Gasteiger partial charge on any atom is 0.307 e. The van der Waals surface area contributed by atoms with Gasteiger partial charge in [-0.05, 0) is 30.0 Å². The van der Waals surface area contributed by atoms with E-state index in [9.17, 15) is 14.3 Å². The molecule has 0 saturated heterocycles. The van der Waals surface area contributed by atoms with Gasteiger partial charge >= 0.3 is 5.97 Å². The topological polar surface area (TPSA) is 86.6 Å². The largest absolute Gasteiger partial charge is 0.481 e. The van der Waals surface area contributed by atoms with Crippen LogP contribution in [0.5, 0.6) is 0 Å². The van der Waals surface area contributed by atoms with E-state index in [-0.39, 0.29) is 12.6 Å². The monoisotopic (exact) mass is 333 g/mol. The number of carboxylic acid groups (broad SMARTS) is 1. The van der Waals surface area contributed by atoms with Crippen LogP contribution in [-0.2, 0) is 22.2 Å². The second-order valence-corrected chi connectivity index (χ2v) is 7.43. The number of aliphatic carboxylic acids is 1. The van der Waals surface area contributed by atoms with Gasteiger partial charge in [0.05, 0.1) is 6.42 Å². The van der Waals surface area contributed by atoms with Crippen molar-refractivity contribution in [2.45, 2.75) is 19.3 Å². The van der Waals surface area contributed by atoms with Crippen LogP contribution in [0.1, 0.15) is 17.5 Å². The molecule has 0 amide bonds. The zero-order valence-electron chi connectivity index (χ0n) is 12.7. The van der Waals surface area contributed by atoms with Crippen LogP contribution in [0, 0.1) is 0 Å². The Labute approximate surface area is 135 Å². The maximum absolute atomic E-state index is 12.3. The number of hydrogen-bond donors (Lipinski definition) is 3. The molecule has 3 N–H and O–H groups in total. The first-order valence-corrected chi connectivity index (χ1v) is 9.24. The lowest BCUT2D eigenvalue weighted by Gasteiger charge is -2.16. The zero-order chi connectivity index (χ0) is 16.7. The lowest BCUT2D eigenvalue weighted by molar-refractivity contribution is -0.136. The molecular formula is C17H20NO4P. The van der Waals surface area contributed by atoms with Crippen molar-refractivity contribution in [2.24, 2.45) is 0 Å². The molecule has 2 aromatic rings. The van der Waals surface area contributed by atoms with Crippen LogP contribution < -0.4 is 5.09 Å². The molecule has 2 aromatic carbocycles. The van der Waals surface area contributed by atoms with Crippen LogP contribution >= 0.6 is 7.52 Å². The fraction of sp³-hybridized carbons (Fsp3) is 0.235. The van der Waals surface area contributed by atoms with Crippen LogP contribution in [0.25, 0.3) is 0 Å². The quantitative estimate of drug-likeness (QED) is 0.643. The van der Waals surface area contributed by atoms with Crippen molar-refractivity contribution >= 4 is 19.2 Å². The van der Waals surface area contributed by atoms with Crippen LogP contribution in [0.3, 0.4) is 0 Å². The summed E-state index contributed by atoms with van der Waals surface area (Å²) in [6.45, 7) is 0. The van der Waals surface area contributed by atoms with E-state index in [2.05, 4.69) is 5.09 Å². The van der Waals surface area contributed by atoms with Crippen molar-refractivity contribution in [2.75, 3.05) is 11.2 Å². The normalized spacial score (nSPS) is 13.3. The van der Waals surface area contributed by atoms with Gasteiger partial charge in [0.2, 0.25) is 0 Å². The molecule has 0 aromatic heterocycles. The number of nitrogens with one attached hydrogen (secondary N) is 1. The molecular weight excluding hydrogens is 313 g/mol. The maximum atomic E-state index is 12.3. The van der Waals surface area contributed by atoms with Crippen molar-refractivity contribution in [3.8, 4) is 0 Å². The molecule has 0 aliphatic heterocycles. The Morgan fingerprint density at radius 2 is 1.70 bits per heavy atom. The van der Waals surface area contributed by atoms with Gasteiger partial charge in [-0.25, -0.2) is 0 Å². The first-order valence-electron chi connectivity index (χ1n) is 7.40. The molecule has 0 fully saturated rings. The number of anilines is 1. The van der Waals surface area contributed by atoms with Gasteiger partial charge in [0.25, 0.3) is 7.52 Å². The number of para-hydroxylation sites is 1. The molecule has 0 radical (unpaired) electrons. The van der Waals surface area contributed by atoms with Gasteiger partial charge in [0.1, 0.15) is 0 Å². The summed E-state index contributed by atoms with van der Waals surface area (Å²) in [6, 6.07) is 16.5.